The van der Waals surface area contributed by atoms with Crippen molar-refractivity contribution in [3.63, 3.8) is 0 Å². The molecule has 2 aromatic heterocycles. The van der Waals surface area contributed by atoms with Crippen LogP contribution in [0.15, 0.2) is 34.4 Å². The number of nitrogen functional groups attached to an aromatic ring is 1. The fraction of sp³-hybridized carbons (Fsp3) is 0.188. The Hall–Kier alpha value is -1.49. The number of anilines is 1. The summed E-state index contributed by atoms with van der Waals surface area (Å²) in [6.45, 7) is 3.98. The second-order valence-electron chi connectivity index (χ2n) is 5.36. The van der Waals surface area contributed by atoms with Crippen LogP contribution in [0.1, 0.15) is 19.9 Å². The zero-order valence-electron chi connectivity index (χ0n) is 12.1. The summed E-state index contributed by atoms with van der Waals surface area (Å²) in [5.41, 5.74) is 7.95. The monoisotopic (exact) mass is 352 g/mol. The van der Waals surface area contributed by atoms with E-state index in [1.54, 1.807) is 22.8 Å². The zero-order chi connectivity index (χ0) is 16.0. The van der Waals surface area contributed by atoms with Crippen molar-refractivity contribution in [2.75, 3.05) is 5.73 Å². The first-order valence-corrected chi connectivity index (χ1v) is 8.41. The molecule has 0 aliphatic carbocycles. The van der Waals surface area contributed by atoms with Crippen LogP contribution in [-0.4, -0.2) is 4.57 Å². The number of nitrogens with two attached hydrogens (primary N) is 1. The van der Waals surface area contributed by atoms with E-state index in [0.717, 1.165) is 21.3 Å². The minimum absolute atomic E-state index is 0.00889. The molecule has 0 amide bonds. The summed E-state index contributed by atoms with van der Waals surface area (Å²) in [4.78, 5) is 13.0. The third-order valence-electron chi connectivity index (χ3n) is 3.51. The van der Waals surface area contributed by atoms with Gasteiger partial charge in [0, 0.05) is 39.7 Å². The van der Waals surface area contributed by atoms with Gasteiger partial charge in [0.15, 0.2) is 0 Å². The molecule has 2 heterocycles. The standard InChI is InChI=1S/C16H14Cl2N2OS/c1-8(2)20-14(21)4-3-10-11(7-22-16(10)20)15-12(17)5-9(19)6-13(15)18/h3-8H,19H2,1-2H3. The van der Waals surface area contributed by atoms with Gasteiger partial charge in [0.25, 0.3) is 5.56 Å². The Morgan fingerprint density at radius 2 is 1.82 bits per heavy atom. The minimum Gasteiger partial charge on any atom is -0.399 e. The lowest BCUT2D eigenvalue weighted by Crippen LogP contribution is -2.20. The number of thiophene rings is 1. The fourth-order valence-electron chi connectivity index (χ4n) is 2.57. The number of rotatable bonds is 2. The van der Waals surface area contributed by atoms with Gasteiger partial charge in [-0.1, -0.05) is 23.2 Å². The van der Waals surface area contributed by atoms with Crippen LogP contribution in [0, 0.1) is 0 Å². The van der Waals surface area contributed by atoms with Crippen molar-refractivity contribution < 1.29 is 0 Å². The molecule has 3 aromatic rings. The van der Waals surface area contributed by atoms with E-state index in [1.165, 1.54) is 11.3 Å². The highest BCUT2D eigenvalue weighted by Gasteiger charge is 2.17. The molecular weight excluding hydrogens is 339 g/mol. The van der Waals surface area contributed by atoms with Crippen molar-refractivity contribution in [3.8, 4) is 11.1 Å². The first-order chi connectivity index (χ1) is 10.4. The van der Waals surface area contributed by atoms with Gasteiger partial charge >= 0.3 is 0 Å². The third-order valence-corrected chi connectivity index (χ3v) is 5.10. The molecule has 0 radical (unpaired) electrons. The summed E-state index contributed by atoms with van der Waals surface area (Å²) < 4.78 is 1.78. The number of hydrogen-bond donors (Lipinski definition) is 1. The van der Waals surface area contributed by atoms with Crippen LogP contribution in [0.25, 0.3) is 21.3 Å². The van der Waals surface area contributed by atoms with Crippen LogP contribution >= 0.6 is 34.5 Å². The normalized spacial score (nSPS) is 11.5. The maximum Gasteiger partial charge on any atom is 0.251 e. The van der Waals surface area contributed by atoms with Crippen molar-refractivity contribution in [2.45, 2.75) is 19.9 Å². The molecule has 0 fully saturated rings. The van der Waals surface area contributed by atoms with Gasteiger partial charge in [0.1, 0.15) is 4.83 Å². The Balaban J connectivity index is 2.36. The maximum atomic E-state index is 12.1. The fourth-order valence-corrected chi connectivity index (χ4v) is 4.47. The maximum absolute atomic E-state index is 12.1. The van der Waals surface area contributed by atoms with Crippen molar-refractivity contribution in [2.24, 2.45) is 0 Å². The predicted molar refractivity (Wildman–Crippen MR) is 96.3 cm³/mol. The Bertz CT molecular complexity index is 905. The molecule has 114 valence electrons. The van der Waals surface area contributed by atoms with Gasteiger partial charge in [-0.3, -0.25) is 9.36 Å². The topological polar surface area (TPSA) is 48.0 Å². The first kappa shape index (κ1) is 15.4. The molecule has 0 spiro atoms. The highest BCUT2D eigenvalue weighted by molar-refractivity contribution is 7.17. The molecule has 0 unspecified atom stereocenters. The molecular formula is C16H14Cl2N2OS. The smallest absolute Gasteiger partial charge is 0.251 e. The largest absolute Gasteiger partial charge is 0.399 e. The Labute approximate surface area is 141 Å². The summed E-state index contributed by atoms with van der Waals surface area (Å²) in [6.07, 6.45) is 0. The van der Waals surface area contributed by atoms with Gasteiger partial charge in [0.2, 0.25) is 0 Å². The third kappa shape index (κ3) is 2.41. The zero-order valence-corrected chi connectivity index (χ0v) is 14.4. The summed E-state index contributed by atoms with van der Waals surface area (Å²) in [6, 6.07) is 6.86. The lowest BCUT2D eigenvalue weighted by atomic mass is 10.0. The predicted octanol–water partition coefficient (Wildman–Crippen LogP) is 5.20. The van der Waals surface area contributed by atoms with Gasteiger partial charge in [-0.2, -0.15) is 0 Å². The van der Waals surface area contributed by atoms with Crippen LogP contribution < -0.4 is 11.3 Å². The van der Waals surface area contributed by atoms with Gasteiger partial charge in [-0.05, 0) is 32.0 Å². The Morgan fingerprint density at radius 3 is 2.41 bits per heavy atom. The SMILES string of the molecule is CC(C)n1c(=O)ccc2c(-c3c(Cl)cc(N)cc3Cl)csc21. The number of hydrogen-bond acceptors (Lipinski definition) is 3. The van der Waals surface area contributed by atoms with Crippen LogP contribution in [-0.2, 0) is 0 Å². The molecule has 22 heavy (non-hydrogen) atoms. The van der Waals surface area contributed by atoms with E-state index in [0.29, 0.717) is 15.7 Å². The second kappa shape index (κ2) is 5.61. The lowest BCUT2D eigenvalue weighted by Gasteiger charge is -2.12. The summed E-state index contributed by atoms with van der Waals surface area (Å²) >= 11 is 14.2. The average Bonchev–Trinajstić information content (AvgIpc) is 2.80. The van der Waals surface area contributed by atoms with Gasteiger partial charge in [-0.15, -0.1) is 11.3 Å². The quantitative estimate of drug-likeness (QED) is 0.644. The van der Waals surface area contributed by atoms with E-state index >= 15 is 0 Å². The van der Waals surface area contributed by atoms with E-state index in [9.17, 15) is 4.79 Å². The molecule has 1 aromatic carbocycles. The molecule has 0 bridgehead atoms. The lowest BCUT2D eigenvalue weighted by molar-refractivity contribution is 0.604. The van der Waals surface area contributed by atoms with Crippen molar-refractivity contribution >= 4 is 50.4 Å². The van der Waals surface area contributed by atoms with Crippen LogP contribution in [0.4, 0.5) is 5.69 Å². The van der Waals surface area contributed by atoms with E-state index < -0.39 is 0 Å². The second-order valence-corrected chi connectivity index (χ2v) is 7.04. The highest BCUT2D eigenvalue weighted by Crippen LogP contribution is 2.42. The summed E-state index contributed by atoms with van der Waals surface area (Å²) in [7, 11) is 0. The summed E-state index contributed by atoms with van der Waals surface area (Å²) in [5.74, 6) is 0. The Kier molecular flexibility index (Phi) is 3.93. The molecule has 0 atom stereocenters. The summed E-state index contributed by atoms with van der Waals surface area (Å²) in [5, 5.41) is 3.96. The molecule has 0 saturated carbocycles. The number of fused-ring (bicyclic) bond motifs is 1. The van der Waals surface area contributed by atoms with Crippen LogP contribution in [0.3, 0.4) is 0 Å². The van der Waals surface area contributed by atoms with E-state index in [-0.39, 0.29) is 11.6 Å². The van der Waals surface area contributed by atoms with Crippen molar-refractivity contribution in [1.29, 1.82) is 0 Å². The number of pyridine rings is 1. The minimum atomic E-state index is -0.00889. The number of aromatic nitrogens is 1. The number of benzene rings is 1. The molecule has 0 aliphatic heterocycles. The molecule has 0 aliphatic rings. The Morgan fingerprint density at radius 1 is 1.18 bits per heavy atom. The van der Waals surface area contributed by atoms with E-state index in [4.69, 9.17) is 28.9 Å². The van der Waals surface area contributed by atoms with Gasteiger partial charge in [-0.25, -0.2) is 0 Å². The van der Waals surface area contributed by atoms with Gasteiger partial charge < -0.3 is 5.73 Å². The van der Waals surface area contributed by atoms with Crippen molar-refractivity contribution in [1.82, 2.24) is 4.57 Å². The van der Waals surface area contributed by atoms with Crippen LogP contribution in [0.5, 0.6) is 0 Å². The van der Waals surface area contributed by atoms with E-state index in [1.807, 2.05) is 25.3 Å². The molecule has 3 rings (SSSR count). The molecule has 2 N–H and O–H groups in total. The first-order valence-electron chi connectivity index (χ1n) is 6.77. The van der Waals surface area contributed by atoms with Crippen molar-refractivity contribution in [3.05, 3.63) is 50.0 Å². The molecule has 3 nitrogen and oxygen atoms in total. The molecule has 0 saturated heterocycles. The van der Waals surface area contributed by atoms with Crippen LogP contribution in [0.2, 0.25) is 10.0 Å². The number of halogens is 2. The van der Waals surface area contributed by atoms with E-state index in [2.05, 4.69) is 0 Å². The highest BCUT2D eigenvalue weighted by atomic mass is 35.5. The molecule has 6 heteroatoms. The van der Waals surface area contributed by atoms with Gasteiger partial charge in [0.05, 0.1) is 10.0 Å². The number of nitrogens with zero attached hydrogens (tertiary/aromatic N) is 1. The average molecular weight is 353 g/mol.